The minimum atomic E-state index is 0.143. The van der Waals surface area contributed by atoms with Gasteiger partial charge in [-0.25, -0.2) is 0 Å². The van der Waals surface area contributed by atoms with Gasteiger partial charge in [0.25, 0.3) is 0 Å². The lowest BCUT2D eigenvalue weighted by Crippen LogP contribution is -2.49. The number of anilines is 1. The fourth-order valence-electron chi connectivity index (χ4n) is 3.29. The van der Waals surface area contributed by atoms with Crippen LogP contribution in [0.25, 0.3) is 0 Å². The first kappa shape index (κ1) is 18.3. The molecule has 1 fully saturated rings. The van der Waals surface area contributed by atoms with Crippen LogP contribution in [0.2, 0.25) is 0 Å². The second kappa shape index (κ2) is 8.72. The maximum atomic E-state index is 12.6. The second-order valence-electron chi connectivity index (χ2n) is 6.66. The van der Waals surface area contributed by atoms with E-state index >= 15 is 0 Å². The average Bonchev–Trinajstić information content (AvgIpc) is 2.69. The molecule has 0 spiro atoms. The molecule has 138 valence electrons. The summed E-state index contributed by atoms with van der Waals surface area (Å²) in [6.07, 6.45) is 0. The Bertz CT molecular complexity index is 712. The molecule has 26 heavy (non-hydrogen) atoms. The van der Waals surface area contributed by atoms with Gasteiger partial charge in [0.1, 0.15) is 5.75 Å². The minimum Gasteiger partial charge on any atom is -0.496 e. The van der Waals surface area contributed by atoms with Gasteiger partial charge in [0, 0.05) is 51.0 Å². The number of benzene rings is 2. The normalized spacial score (nSPS) is 14.9. The van der Waals surface area contributed by atoms with Crippen LogP contribution in [0, 0.1) is 0 Å². The molecule has 1 saturated heterocycles. The molecule has 0 radical (unpaired) electrons. The molecular formula is C21H27N3O2. The molecule has 5 nitrogen and oxygen atoms in total. The van der Waals surface area contributed by atoms with Gasteiger partial charge in [0.05, 0.1) is 13.7 Å². The van der Waals surface area contributed by atoms with E-state index in [-0.39, 0.29) is 5.91 Å². The molecule has 1 amide bonds. The van der Waals surface area contributed by atoms with Crippen molar-refractivity contribution in [2.45, 2.75) is 6.54 Å². The number of likely N-dealkylation sites (N-methyl/N-ethyl adjacent to an activating group) is 1. The van der Waals surface area contributed by atoms with Gasteiger partial charge in [0.15, 0.2) is 0 Å². The van der Waals surface area contributed by atoms with Crippen molar-refractivity contribution in [1.29, 1.82) is 0 Å². The van der Waals surface area contributed by atoms with Crippen LogP contribution >= 0.6 is 0 Å². The number of rotatable bonds is 6. The van der Waals surface area contributed by atoms with E-state index in [0.29, 0.717) is 13.1 Å². The Morgan fingerprint density at radius 3 is 2.35 bits per heavy atom. The summed E-state index contributed by atoms with van der Waals surface area (Å²) in [6.45, 7) is 4.74. The number of carbonyl (C=O) groups is 1. The zero-order chi connectivity index (χ0) is 18.4. The molecule has 1 heterocycles. The van der Waals surface area contributed by atoms with Crippen LogP contribution in [-0.4, -0.2) is 62.6 Å². The van der Waals surface area contributed by atoms with Gasteiger partial charge in [-0.05, 0) is 18.2 Å². The summed E-state index contributed by atoms with van der Waals surface area (Å²) in [5, 5.41) is 0. The number of hydrogen-bond acceptors (Lipinski definition) is 4. The molecule has 3 rings (SSSR count). The second-order valence-corrected chi connectivity index (χ2v) is 6.66. The highest BCUT2D eigenvalue weighted by molar-refractivity contribution is 5.78. The predicted molar refractivity (Wildman–Crippen MR) is 105 cm³/mol. The monoisotopic (exact) mass is 353 g/mol. The molecule has 0 bridgehead atoms. The maximum absolute atomic E-state index is 12.6. The number of amides is 1. The fourth-order valence-corrected chi connectivity index (χ4v) is 3.29. The van der Waals surface area contributed by atoms with Crippen LogP contribution in [0.1, 0.15) is 5.56 Å². The van der Waals surface area contributed by atoms with Crippen molar-refractivity contribution in [1.82, 2.24) is 9.80 Å². The summed E-state index contributed by atoms with van der Waals surface area (Å²) in [4.78, 5) is 19.0. The van der Waals surface area contributed by atoms with Crippen molar-refractivity contribution in [2.75, 3.05) is 51.8 Å². The summed E-state index contributed by atoms with van der Waals surface area (Å²) < 4.78 is 5.38. The van der Waals surface area contributed by atoms with Gasteiger partial charge < -0.3 is 14.5 Å². The van der Waals surface area contributed by atoms with Gasteiger partial charge in [-0.3, -0.25) is 9.69 Å². The van der Waals surface area contributed by atoms with E-state index in [1.54, 1.807) is 12.0 Å². The van der Waals surface area contributed by atoms with Gasteiger partial charge in [-0.2, -0.15) is 0 Å². The third-order valence-electron chi connectivity index (χ3n) is 4.88. The van der Waals surface area contributed by atoms with E-state index in [9.17, 15) is 4.79 Å². The highest BCUT2D eigenvalue weighted by Gasteiger charge is 2.21. The first-order chi connectivity index (χ1) is 12.7. The van der Waals surface area contributed by atoms with E-state index in [4.69, 9.17) is 4.74 Å². The molecule has 0 aromatic heterocycles. The van der Waals surface area contributed by atoms with Crippen molar-refractivity contribution in [3.63, 3.8) is 0 Å². The van der Waals surface area contributed by atoms with E-state index in [2.05, 4.69) is 34.1 Å². The smallest absolute Gasteiger partial charge is 0.236 e. The predicted octanol–water partition coefficient (Wildman–Crippen LogP) is 2.48. The molecule has 0 aliphatic carbocycles. The molecule has 0 saturated carbocycles. The molecule has 0 N–H and O–H groups in total. The molecule has 2 aromatic rings. The van der Waals surface area contributed by atoms with Crippen molar-refractivity contribution in [3.05, 3.63) is 60.2 Å². The average molecular weight is 353 g/mol. The highest BCUT2D eigenvalue weighted by atomic mass is 16.5. The van der Waals surface area contributed by atoms with Crippen molar-refractivity contribution < 1.29 is 9.53 Å². The standard InChI is InChI=1S/C21H27N3O2/c1-22(16-18-8-6-7-11-20(18)26-2)21(25)17-23-12-14-24(15-13-23)19-9-4-3-5-10-19/h3-11H,12-17H2,1-2H3. The van der Waals surface area contributed by atoms with Crippen LogP contribution in [0.5, 0.6) is 5.75 Å². The molecule has 1 aliphatic heterocycles. The Kier molecular flexibility index (Phi) is 6.12. The third kappa shape index (κ3) is 4.55. The van der Waals surface area contributed by atoms with Crippen LogP contribution < -0.4 is 9.64 Å². The number of carbonyl (C=O) groups excluding carboxylic acids is 1. The highest BCUT2D eigenvalue weighted by Crippen LogP contribution is 2.19. The van der Waals surface area contributed by atoms with Crippen LogP contribution in [0.4, 0.5) is 5.69 Å². The molecule has 1 aliphatic rings. The molecule has 0 atom stereocenters. The molecule has 5 heteroatoms. The van der Waals surface area contributed by atoms with Gasteiger partial charge in [-0.15, -0.1) is 0 Å². The number of methoxy groups -OCH3 is 1. The summed E-state index contributed by atoms with van der Waals surface area (Å²) in [5.74, 6) is 0.965. The van der Waals surface area contributed by atoms with Crippen LogP contribution in [0.3, 0.4) is 0 Å². The van der Waals surface area contributed by atoms with Crippen molar-refractivity contribution in [2.24, 2.45) is 0 Å². The third-order valence-corrected chi connectivity index (χ3v) is 4.88. The number of nitrogens with zero attached hydrogens (tertiary/aromatic N) is 3. The summed E-state index contributed by atoms with van der Waals surface area (Å²) >= 11 is 0. The number of para-hydroxylation sites is 2. The van der Waals surface area contributed by atoms with E-state index < -0.39 is 0 Å². The zero-order valence-electron chi connectivity index (χ0n) is 15.6. The lowest BCUT2D eigenvalue weighted by molar-refractivity contribution is -0.131. The Labute approximate surface area is 155 Å². The molecule has 2 aromatic carbocycles. The lowest BCUT2D eigenvalue weighted by Gasteiger charge is -2.36. The van der Waals surface area contributed by atoms with Crippen LogP contribution in [0.15, 0.2) is 54.6 Å². The summed E-state index contributed by atoms with van der Waals surface area (Å²) in [6, 6.07) is 18.3. The Morgan fingerprint density at radius 1 is 1.00 bits per heavy atom. The van der Waals surface area contributed by atoms with Gasteiger partial charge in [0.2, 0.25) is 5.91 Å². The molecule has 0 unspecified atom stereocenters. The SMILES string of the molecule is COc1ccccc1CN(C)C(=O)CN1CCN(c2ccccc2)CC1. The van der Waals surface area contributed by atoms with E-state index in [1.165, 1.54) is 5.69 Å². The van der Waals surface area contributed by atoms with Crippen molar-refractivity contribution in [3.8, 4) is 5.75 Å². The van der Waals surface area contributed by atoms with Crippen molar-refractivity contribution >= 4 is 11.6 Å². The first-order valence-corrected chi connectivity index (χ1v) is 9.05. The van der Waals surface area contributed by atoms with E-state index in [1.807, 2.05) is 37.4 Å². The number of hydrogen-bond donors (Lipinski definition) is 0. The van der Waals surface area contributed by atoms with Crippen LogP contribution in [-0.2, 0) is 11.3 Å². The Hall–Kier alpha value is -2.53. The summed E-state index contributed by atoms with van der Waals surface area (Å²) in [5.41, 5.74) is 2.28. The number of ether oxygens (including phenoxy) is 1. The largest absolute Gasteiger partial charge is 0.496 e. The van der Waals surface area contributed by atoms with E-state index in [0.717, 1.165) is 37.5 Å². The Balaban J connectivity index is 1.49. The Morgan fingerprint density at radius 2 is 1.65 bits per heavy atom. The molecular weight excluding hydrogens is 326 g/mol. The number of piperazine rings is 1. The van der Waals surface area contributed by atoms with Gasteiger partial charge in [-0.1, -0.05) is 36.4 Å². The summed E-state index contributed by atoms with van der Waals surface area (Å²) in [7, 11) is 3.52. The maximum Gasteiger partial charge on any atom is 0.236 e. The minimum absolute atomic E-state index is 0.143. The first-order valence-electron chi connectivity index (χ1n) is 9.05. The zero-order valence-corrected chi connectivity index (χ0v) is 15.6. The van der Waals surface area contributed by atoms with Gasteiger partial charge >= 0.3 is 0 Å². The lowest BCUT2D eigenvalue weighted by atomic mass is 10.2. The fraction of sp³-hybridized carbons (Fsp3) is 0.381. The quantitative estimate of drug-likeness (QED) is 0.799. The topological polar surface area (TPSA) is 36.0 Å².